The molecule has 0 saturated carbocycles. The van der Waals surface area contributed by atoms with Gasteiger partial charge in [0.15, 0.2) is 0 Å². The van der Waals surface area contributed by atoms with Crippen LogP contribution in [0, 0.1) is 0 Å². The van der Waals surface area contributed by atoms with E-state index < -0.39 is 10.0 Å². The Morgan fingerprint density at radius 2 is 1.69 bits per heavy atom. The van der Waals surface area contributed by atoms with E-state index >= 15 is 0 Å². The van der Waals surface area contributed by atoms with Gasteiger partial charge in [-0.15, -0.1) is 0 Å². The van der Waals surface area contributed by atoms with Crippen LogP contribution in [0.2, 0.25) is 0 Å². The van der Waals surface area contributed by atoms with E-state index in [1.54, 1.807) is 24.3 Å². The molecule has 0 aromatic heterocycles. The van der Waals surface area contributed by atoms with E-state index in [9.17, 15) is 13.2 Å². The standard InChI is InChI=1S/C21H28BrN3O3S/c1-4-25(5-2)29(27,28)19-12-10-17(11-13-19)16(3)24-21(26)23-15-14-18-8-6-7-9-20(18)22/h6-13,16H,4-5,14-15H2,1-3H3,(H2,23,24,26). The molecule has 0 spiro atoms. The normalized spacial score (nSPS) is 12.6. The Balaban J connectivity index is 1.91. The molecule has 2 aromatic carbocycles. The first-order valence-electron chi connectivity index (χ1n) is 9.67. The van der Waals surface area contributed by atoms with E-state index in [0.717, 1.165) is 22.0 Å². The number of benzene rings is 2. The molecule has 2 aromatic rings. The molecule has 0 saturated heterocycles. The number of halogens is 1. The molecule has 0 aliphatic carbocycles. The first-order chi connectivity index (χ1) is 13.8. The lowest BCUT2D eigenvalue weighted by Gasteiger charge is -2.19. The highest BCUT2D eigenvalue weighted by molar-refractivity contribution is 9.10. The molecule has 0 heterocycles. The molecule has 2 amide bonds. The molecule has 158 valence electrons. The van der Waals surface area contributed by atoms with Gasteiger partial charge in [-0.05, 0) is 42.7 Å². The smallest absolute Gasteiger partial charge is 0.315 e. The Hall–Kier alpha value is -1.90. The third kappa shape index (κ3) is 6.29. The summed E-state index contributed by atoms with van der Waals surface area (Å²) in [5.41, 5.74) is 1.97. The van der Waals surface area contributed by atoms with Crippen LogP contribution in [0.15, 0.2) is 57.9 Å². The van der Waals surface area contributed by atoms with Crippen molar-refractivity contribution in [3.05, 3.63) is 64.1 Å². The van der Waals surface area contributed by atoms with Gasteiger partial charge in [0, 0.05) is 24.1 Å². The third-order valence-corrected chi connectivity index (χ3v) is 7.55. The summed E-state index contributed by atoms with van der Waals surface area (Å²) in [5.74, 6) is 0. The van der Waals surface area contributed by atoms with Gasteiger partial charge in [-0.2, -0.15) is 4.31 Å². The minimum Gasteiger partial charge on any atom is -0.338 e. The van der Waals surface area contributed by atoms with Gasteiger partial charge in [-0.1, -0.05) is 60.1 Å². The molecule has 0 radical (unpaired) electrons. The van der Waals surface area contributed by atoms with Gasteiger partial charge in [-0.3, -0.25) is 0 Å². The number of amides is 2. The van der Waals surface area contributed by atoms with E-state index in [1.165, 1.54) is 4.31 Å². The fourth-order valence-corrected chi connectivity index (χ4v) is 4.92. The van der Waals surface area contributed by atoms with E-state index in [1.807, 2.05) is 45.0 Å². The maximum absolute atomic E-state index is 12.6. The molecule has 1 unspecified atom stereocenters. The summed E-state index contributed by atoms with van der Waals surface area (Å²) < 4.78 is 27.6. The topological polar surface area (TPSA) is 78.5 Å². The summed E-state index contributed by atoms with van der Waals surface area (Å²) in [6.07, 6.45) is 0.723. The van der Waals surface area contributed by atoms with E-state index in [2.05, 4.69) is 26.6 Å². The third-order valence-electron chi connectivity index (χ3n) is 4.71. The number of hydrogen-bond acceptors (Lipinski definition) is 3. The number of hydrogen-bond donors (Lipinski definition) is 2. The minimum atomic E-state index is -3.48. The van der Waals surface area contributed by atoms with E-state index in [4.69, 9.17) is 0 Å². The van der Waals surface area contributed by atoms with Crippen molar-refractivity contribution in [3.8, 4) is 0 Å². The van der Waals surface area contributed by atoms with Crippen LogP contribution in [-0.2, 0) is 16.4 Å². The van der Waals surface area contributed by atoms with Crippen LogP contribution in [-0.4, -0.2) is 38.4 Å². The van der Waals surface area contributed by atoms with Gasteiger partial charge in [0.1, 0.15) is 0 Å². The highest BCUT2D eigenvalue weighted by Crippen LogP contribution is 2.19. The van der Waals surface area contributed by atoms with Crippen molar-refractivity contribution < 1.29 is 13.2 Å². The van der Waals surface area contributed by atoms with Crippen LogP contribution >= 0.6 is 15.9 Å². The zero-order chi connectivity index (χ0) is 21.4. The summed E-state index contributed by atoms with van der Waals surface area (Å²) >= 11 is 3.50. The van der Waals surface area contributed by atoms with Gasteiger partial charge in [0.25, 0.3) is 0 Å². The number of nitrogens with one attached hydrogen (secondary N) is 2. The first-order valence-corrected chi connectivity index (χ1v) is 11.9. The lowest BCUT2D eigenvalue weighted by Crippen LogP contribution is -2.38. The van der Waals surface area contributed by atoms with Gasteiger partial charge in [0.2, 0.25) is 10.0 Å². The molecular weight excluding hydrogens is 454 g/mol. The maximum Gasteiger partial charge on any atom is 0.315 e. The van der Waals surface area contributed by atoms with Crippen molar-refractivity contribution in [1.29, 1.82) is 0 Å². The summed E-state index contributed by atoms with van der Waals surface area (Å²) in [5, 5.41) is 5.73. The first kappa shape index (κ1) is 23.4. The lowest BCUT2D eigenvalue weighted by atomic mass is 10.1. The maximum atomic E-state index is 12.6. The largest absolute Gasteiger partial charge is 0.338 e. The number of urea groups is 1. The Morgan fingerprint density at radius 1 is 1.07 bits per heavy atom. The molecule has 1 atom stereocenters. The van der Waals surface area contributed by atoms with Crippen molar-refractivity contribution in [2.75, 3.05) is 19.6 Å². The molecule has 0 aliphatic rings. The van der Waals surface area contributed by atoms with Crippen molar-refractivity contribution >= 4 is 32.0 Å². The SMILES string of the molecule is CCN(CC)S(=O)(=O)c1ccc(C(C)NC(=O)NCCc2ccccc2Br)cc1. The van der Waals surface area contributed by atoms with Gasteiger partial charge in [0.05, 0.1) is 10.9 Å². The highest BCUT2D eigenvalue weighted by atomic mass is 79.9. The average molecular weight is 482 g/mol. The Kier molecular flexibility index (Phi) is 8.67. The fourth-order valence-electron chi connectivity index (χ4n) is 2.98. The summed E-state index contributed by atoms with van der Waals surface area (Å²) in [7, 11) is -3.48. The molecule has 0 bridgehead atoms. The summed E-state index contributed by atoms with van der Waals surface area (Å²) in [6, 6.07) is 14.1. The Morgan fingerprint density at radius 3 is 2.28 bits per heavy atom. The molecule has 29 heavy (non-hydrogen) atoms. The molecule has 2 rings (SSSR count). The number of nitrogens with zero attached hydrogens (tertiary/aromatic N) is 1. The fraction of sp³-hybridized carbons (Fsp3) is 0.381. The van der Waals surface area contributed by atoms with Crippen LogP contribution in [0.5, 0.6) is 0 Å². The Labute approximate surface area is 181 Å². The second kappa shape index (κ2) is 10.8. The number of carbonyl (C=O) groups is 1. The monoisotopic (exact) mass is 481 g/mol. The molecule has 0 fully saturated rings. The van der Waals surface area contributed by atoms with Crippen LogP contribution in [0.3, 0.4) is 0 Å². The van der Waals surface area contributed by atoms with Crippen molar-refractivity contribution in [1.82, 2.24) is 14.9 Å². The van der Waals surface area contributed by atoms with Crippen LogP contribution < -0.4 is 10.6 Å². The van der Waals surface area contributed by atoms with Crippen LogP contribution in [0.25, 0.3) is 0 Å². The minimum absolute atomic E-state index is 0.247. The van der Waals surface area contributed by atoms with E-state index in [0.29, 0.717) is 19.6 Å². The predicted octanol–water partition coefficient (Wildman–Crippen LogP) is 4.08. The van der Waals surface area contributed by atoms with Crippen molar-refractivity contribution in [3.63, 3.8) is 0 Å². The number of rotatable bonds is 9. The number of carbonyl (C=O) groups excluding carboxylic acids is 1. The quantitative estimate of drug-likeness (QED) is 0.566. The predicted molar refractivity (Wildman–Crippen MR) is 119 cm³/mol. The molecular formula is C21H28BrN3O3S. The zero-order valence-electron chi connectivity index (χ0n) is 17.0. The second-order valence-corrected chi connectivity index (χ2v) is 9.41. The number of sulfonamides is 1. The average Bonchev–Trinajstić information content (AvgIpc) is 2.70. The molecule has 2 N–H and O–H groups in total. The van der Waals surface area contributed by atoms with Gasteiger partial charge < -0.3 is 10.6 Å². The van der Waals surface area contributed by atoms with E-state index in [-0.39, 0.29) is 17.0 Å². The van der Waals surface area contributed by atoms with Crippen molar-refractivity contribution in [2.24, 2.45) is 0 Å². The van der Waals surface area contributed by atoms with Gasteiger partial charge in [-0.25, -0.2) is 13.2 Å². The molecule has 0 aliphatic heterocycles. The lowest BCUT2D eigenvalue weighted by molar-refractivity contribution is 0.238. The zero-order valence-corrected chi connectivity index (χ0v) is 19.4. The van der Waals surface area contributed by atoms with Crippen LogP contribution in [0.4, 0.5) is 4.79 Å². The molecule has 8 heteroatoms. The Bertz CT molecular complexity index is 913. The summed E-state index contributed by atoms with van der Waals surface area (Å²) in [6.45, 7) is 6.87. The highest BCUT2D eigenvalue weighted by Gasteiger charge is 2.21. The molecule has 6 nitrogen and oxygen atoms in total. The summed E-state index contributed by atoms with van der Waals surface area (Å²) in [4.78, 5) is 12.4. The van der Waals surface area contributed by atoms with Gasteiger partial charge >= 0.3 is 6.03 Å². The second-order valence-electron chi connectivity index (χ2n) is 6.62. The van der Waals surface area contributed by atoms with Crippen LogP contribution in [0.1, 0.15) is 37.9 Å². The van der Waals surface area contributed by atoms with Crippen molar-refractivity contribution in [2.45, 2.75) is 38.1 Å².